The van der Waals surface area contributed by atoms with Gasteiger partial charge in [-0.2, -0.15) is 0 Å². The predicted molar refractivity (Wildman–Crippen MR) is 82.9 cm³/mol. The van der Waals surface area contributed by atoms with Crippen LogP contribution in [-0.4, -0.2) is 11.5 Å². The van der Waals surface area contributed by atoms with Gasteiger partial charge in [0.15, 0.2) is 0 Å². The summed E-state index contributed by atoms with van der Waals surface area (Å²) in [6.07, 6.45) is 20.0. The molecule has 1 aromatic heterocycles. The Kier molecular flexibility index (Phi) is 9.25. The minimum Gasteiger partial charge on any atom is -0.330 e. The first kappa shape index (κ1) is 15.4. The summed E-state index contributed by atoms with van der Waals surface area (Å²) in [7, 11) is 0. The van der Waals surface area contributed by atoms with Crippen LogP contribution in [0.1, 0.15) is 31.4 Å². The van der Waals surface area contributed by atoms with Gasteiger partial charge in [-0.1, -0.05) is 42.5 Å². The van der Waals surface area contributed by atoms with E-state index in [0.29, 0.717) is 0 Å². The van der Waals surface area contributed by atoms with Crippen molar-refractivity contribution in [2.75, 3.05) is 6.54 Å². The van der Waals surface area contributed by atoms with Gasteiger partial charge in [0, 0.05) is 11.9 Å². The van der Waals surface area contributed by atoms with Gasteiger partial charge < -0.3 is 5.73 Å². The lowest BCUT2D eigenvalue weighted by atomic mass is 10.2. The quantitative estimate of drug-likeness (QED) is 0.414. The molecule has 1 heterocycles. The van der Waals surface area contributed by atoms with Crippen LogP contribution in [0.5, 0.6) is 0 Å². The van der Waals surface area contributed by atoms with E-state index in [9.17, 15) is 0 Å². The van der Waals surface area contributed by atoms with Crippen molar-refractivity contribution in [3.63, 3.8) is 0 Å². The molecule has 2 nitrogen and oxygen atoms in total. The van der Waals surface area contributed by atoms with E-state index in [1.54, 1.807) is 0 Å². The van der Waals surface area contributed by atoms with Crippen LogP contribution in [0.3, 0.4) is 0 Å². The van der Waals surface area contributed by atoms with Gasteiger partial charge in [-0.15, -0.1) is 0 Å². The largest absolute Gasteiger partial charge is 0.330 e. The lowest BCUT2D eigenvalue weighted by Gasteiger charge is -1.95. The summed E-state index contributed by atoms with van der Waals surface area (Å²) in [4.78, 5) is 4.30. The van der Waals surface area contributed by atoms with E-state index in [4.69, 9.17) is 5.73 Å². The van der Waals surface area contributed by atoms with E-state index in [1.165, 1.54) is 0 Å². The number of allylic oxidation sites excluding steroid dienone is 5. The third-order valence-corrected chi connectivity index (χ3v) is 2.68. The molecule has 0 saturated carbocycles. The predicted octanol–water partition coefficient (Wildman–Crippen LogP) is 3.81. The van der Waals surface area contributed by atoms with Crippen molar-refractivity contribution in [2.24, 2.45) is 5.73 Å². The molecule has 102 valence electrons. The van der Waals surface area contributed by atoms with Gasteiger partial charge in [0.1, 0.15) is 0 Å². The molecule has 0 aromatic carbocycles. The van der Waals surface area contributed by atoms with E-state index < -0.39 is 0 Å². The fraction of sp³-hybridized carbons (Fsp3) is 0.353. The molecule has 0 bridgehead atoms. The zero-order chi connectivity index (χ0) is 13.6. The molecule has 19 heavy (non-hydrogen) atoms. The average Bonchev–Trinajstić information content (AvgIpc) is 2.46. The maximum Gasteiger partial charge on any atom is 0.0406 e. The highest BCUT2D eigenvalue weighted by Gasteiger charge is 1.89. The molecule has 0 saturated heterocycles. The topological polar surface area (TPSA) is 38.9 Å². The van der Waals surface area contributed by atoms with Crippen LogP contribution in [0.2, 0.25) is 0 Å². The number of unbranched alkanes of at least 4 members (excludes halogenated alkanes) is 1. The molecule has 0 aliphatic carbocycles. The summed E-state index contributed by atoms with van der Waals surface area (Å²) >= 11 is 0. The summed E-state index contributed by atoms with van der Waals surface area (Å²) in [5.41, 5.74) is 6.55. The van der Waals surface area contributed by atoms with Crippen LogP contribution in [0.25, 0.3) is 0 Å². The maximum absolute atomic E-state index is 5.39. The molecule has 1 aromatic rings. The van der Waals surface area contributed by atoms with Crippen LogP contribution in [0, 0.1) is 0 Å². The summed E-state index contributed by atoms with van der Waals surface area (Å²) < 4.78 is 0. The minimum absolute atomic E-state index is 0.726. The van der Waals surface area contributed by atoms with Crippen molar-refractivity contribution in [3.05, 3.63) is 66.5 Å². The Morgan fingerprint density at radius 2 is 1.63 bits per heavy atom. The van der Waals surface area contributed by atoms with Gasteiger partial charge in [0.25, 0.3) is 0 Å². The molecular formula is C17H24N2. The monoisotopic (exact) mass is 256 g/mol. The number of hydrogen-bond acceptors (Lipinski definition) is 2. The minimum atomic E-state index is 0.726. The zero-order valence-electron chi connectivity index (χ0n) is 11.5. The third-order valence-electron chi connectivity index (χ3n) is 2.68. The van der Waals surface area contributed by atoms with Gasteiger partial charge in [-0.25, -0.2) is 0 Å². The number of pyridine rings is 1. The second-order valence-corrected chi connectivity index (χ2v) is 4.34. The molecule has 0 atom stereocenters. The van der Waals surface area contributed by atoms with Crippen molar-refractivity contribution in [1.82, 2.24) is 4.98 Å². The van der Waals surface area contributed by atoms with Crippen molar-refractivity contribution in [1.29, 1.82) is 0 Å². The van der Waals surface area contributed by atoms with E-state index in [2.05, 4.69) is 47.5 Å². The van der Waals surface area contributed by atoms with Crippen molar-refractivity contribution in [3.8, 4) is 0 Å². The first-order valence-corrected chi connectivity index (χ1v) is 7.00. The van der Waals surface area contributed by atoms with Gasteiger partial charge >= 0.3 is 0 Å². The Hall–Kier alpha value is -1.67. The van der Waals surface area contributed by atoms with Crippen molar-refractivity contribution >= 4 is 0 Å². The molecule has 0 radical (unpaired) electrons. The Morgan fingerprint density at radius 3 is 2.37 bits per heavy atom. The smallest absolute Gasteiger partial charge is 0.0406 e. The second kappa shape index (κ2) is 11.4. The fourth-order valence-electron chi connectivity index (χ4n) is 1.65. The van der Waals surface area contributed by atoms with Gasteiger partial charge in [0.2, 0.25) is 0 Å². The molecule has 1 rings (SSSR count). The highest BCUT2D eigenvalue weighted by atomic mass is 14.7. The molecule has 0 aliphatic heterocycles. The Bertz CT molecular complexity index is 391. The summed E-state index contributed by atoms with van der Waals surface area (Å²) in [5, 5.41) is 0. The Balaban J connectivity index is 2.02. The average molecular weight is 256 g/mol. The highest BCUT2D eigenvalue weighted by Crippen LogP contribution is 2.00. The molecule has 0 fully saturated rings. The lowest BCUT2D eigenvalue weighted by molar-refractivity contribution is 0.932. The fourth-order valence-corrected chi connectivity index (χ4v) is 1.65. The SMILES string of the molecule is NCCC=CC=CCCC=CCCc1ccccn1. The number of nitrogens with zero attached hydrogens (tertiary/aromatic N) is 1. The molecule has 0 unspecified atom stereocenters. The molecule has 2 N–H and O–H groups in total. The number of hydrogen-bond donors (Lipinski definition) is 1. The molecule has 2 heteroatoms. The van der Waals surface area contributed by atoms with Crippen LogP contribution < -0.4 is 5.73 Å². The third kappa shape index (κ3) is 8.97. The molecule has 0 amide bonds. The molecule has 0 aliphatic rings. The van der Waals surface area contributed by atoms with Gasteiger partial charge in [0.05, 0.1) is 0 Å². The first-order chi connectivity index (χ1) is 9.43. The van der Waals surface area contributed by atoms with E-state index in [1.807, 2.05) is 18.3 Å². The lowest BCUT2D eigenvalue weighted by Crippen LogP contribution is -1.94. The summed E-state index contributed by atoms with van der Waals surface area (Å²) in [6, 6.07) is 6.06. The van der Waals surface area contributed by atoms with Crippen LogP contribution in [0.15, 0.2) is 60.9 Å². The maximum atomic E-state index is 5.39. The molecular weight excluding hydrogens is 232 g/mol. The summed E-state index contributed by atoms with van der Waals surface area (Å²) in [5.74, 6) is 0. The van der Waals surface area contributed by atoms with E-state index in [0.717, 1.165) is 44.3 Å². The Morgan fingerprint density at radius 1 is 0.895 bits per heavy atom. The first-order valence-electron chi connectivity index (χ1n) is 7.00. The second-order valence-electron chi connectivity index (χ2n) is 4.34. The zero-order valence-corrected chi connectivity index (χ0v) is 11.5. The number of aromatic nitrogens is 1. The van der Waals surface area contributed by atoms with Gasteiger partial charge in [-0.05, 0) is 50.8 Å². The number of rotatable bonds is 9. The normalized spacial score (nSPS) is 12.1. The number of nitrogens with two attached hydrogens (primary N) is 1. The van der Waals surface area contributed by atoms with Crippen molar-refractivity contribution < 1.29 is 0 Å². The van der Waals surface area contributed by atoms with Crippen molar-refractivity contribution in [2.45, 2.75) is 32.1 Å². The Labute approximate surface area is 116 Å². The van der Waals surface area contributed by atoms with Crippen LogP contribution in [0.4, 0.5) is 0 Å². The van der Waals surface area contributed by atoms with Crippen LogP contribution >= 0.6 is 0 Å². The standard InChI is InChI=1S/C17H24N2/c18-15-11-8-6-4-2-1-3-5-7-9-13-17-14-10-12-16-19-17/h2,4-8,10,12,14,16H,1,3,9,11,13,15,18H2. The van der Waals surface area contributed by atoms with Gasteiger partial charge in [-0.3, -0.25) is 4.98 Å². The summed E-state index contributed by atoms with van der Waals surface area (Å²) in [6.45, 7) is 0.726. The highest BCUT2D eigenvalue weighted by molar-refractivity contribution is 5.05. The van der Waals surface area contributed by atoms with E-state index >= 15 is 0 Å². The van der Waals surface area contributed by atoms with Crippen LogP contribution in [-0.2, 0) is 6.42 Å². The molecule has 0 spiro atoms. The van der Waals surface area contributed by atoms with E-state index in [-0.39, 0.29) is 0 Å². The number of aryl methyl sites for hydroxylation is 1.